The van der Waals surface area contributed by atoms with Crippen LogP contribution in [0.5, 0.6) is 0 Å². The molecule has 6 heteroatoms. The smallest absolute Gasteiger partial charge is 0.141 e. The average Bonchev–Trinajstić information content (AvgIpc) is 2.67. The van der Waals surface area contributed by atoms with E-state index >= 15 is 0 Å². The Bertz CT molecular complexity index is 425. The monoisotopic (exact) mass is 210 g/mol. The van der Waals surface area contributed by atoms with Crippen LogP contribution in [0.3, 0.4) is 0 Å². The second kappa shape index (κ2) is 3.77. The van der Waals surface area contributed by atoms with Crippen LogP contribution in [0.2, 0.25) is 0 Å². The largest absolute Gasteiger partial charge is 0.326 e. The predicted octanol–water partition coefficient (Wildman–Crippen LogP) is 1.20. The van der Waals surface area contributed by atoms with E-state index in [2.05, 4.69) is 14.6 Å². The average molecular weight is 210 g/mol. The number of rotatable bonds is 2. The summed E-state index contributed by atoms with van der Waals surface area (Å²) >= 11 is 1.23. The van der Waals surface area contributed by atoms with Gasteiger partial charge in [0, 0.05) is 6.54 Å². The van der Waals surface area contributed by atoms with Crippen molar-refractivity contribution in [2.45, 2.75) is 6.54 Å². The van der Waals surface area contributed by atoms with Crippen LogP contribution in [0, 0.1) is 5.82 Å². The van der Waals surface area contributed by atoms with Gasteiger partial charge in [0.25, 0.3) is 0 Å². The van der Waals surface area contributed by atoms with Gasteiger partial charge in [0.15, 0.2) is 0 Å². The van der Waals surface area contributed by atoms with Crippen LogP contribution in [-0.4, -0.2) is 14.6 Å². The van der Waals surface area contributed by atoms with Crippen LogP contribution in [0.15, 0.2) is 18.3 Å². The summed E-state index contributed by atoms with van der Waals surface area (Å²) in [6.45, 7) is 0.367. The molecular formula is C8H7FN4S. The topological polar surface area (TPSA) is 64.7 Å². The van der Waals surface area contributed by atoms with Crippen molar-refractivity contribution in [3.05, 3.63) is 29.0 Å². The lowest BCUT2D eigenvalue weighted by Gasteiger charge is -1.96. The maximum Gasteiger partial charge on any atom is 0.141 e. The van der Waals surface area contributed by atoms with E-state index in [1.165, 1.54) is 17.6 Å². The quantitative estimate of drug-likeness (QED) is 0.808. The summed E-state index contributed by atoms with van der Waals surface area (Å²) < 4.78 is 16.4. The molecule has 14 heavy (non-hydrogen) atoms. The van der Waals surface area contributed by atoms with Crippen molar-refractivity contribution in [2.75, 3.05) is 0 Å². The third-order valence-electron chi connectivity index (χ3n) is 1.71. The van der Waals surface area contributed by atoms with E-state index in [0.29, 0.717) is 17.9 Å². The first-order chi connectivity index (χ1) is 6.81. The second-order valence-corrected chi connectivity index (χ2v) is 3.45. The molecule has 0 saturated carbocycles. The fraction of sp³-hybridized carbons (Fsp3) is 0.125. The lowest BCUT2D eigenvalue weighted by Crippen LogP contribution is -1.96. The van der Waals surface area contributed by atoms with Gasteiger partial charge in [0.05, 0.1) is 16.8 Å². The first-order valence-corrected chi connectivity index (χ1v) is 4.72. The maximum atomic E-state index is 12.6. The van der Waals surface area contributed by atoms with Gasteiger partial charge >= 0.3 is 0 Å². The molecule has 0 aliphatic carbocycles. The third-order valence-corrected chi connectivity index (χ3v) is 2.46. The molecular weight excluding hydrogens is 203 g/mol. The summed E-state index contributed by atoms with van der Waals surface area (Å²) in [7, 11) is 0. The highest BCUT2D eigenvalue weighted by molar-refractivity contribution is 7.05. The van der Waals surface area contributed by atoms with Gasteiger partial charge < -0.3 is 5.73 Å². The van der Waals surface area contributed by atoms with Gasteiger partial charge in [-0.15, -0.1) is 5.10 Å². The van der Waals surface area contributed by atoms with E-state index in [-0.39, 0.29) is 5.82 Å². The van der Waals surface area contributed by atoms with E-state index in [1.54, 1.807) is 6.07 Å². The summed E-state index contributed by atoms with van der Waals surface area (Å²) in [6, 6.07) is 2.90. The van der Waals surface area contributed by atoms with Gasteiger partial charge in [0.2, 0.25) is 0 Å². The van der Waals surface area contributed by atoms with Gasteiger partial charge in [-0.05, 0) is 23.7 Å². The van der Waals surface area contributed by atoms with Gasteiger partial charge in [-0.2, -0.15) is 0 Å². The number of nitrogens with zero attached hydrogens (tertiary/aromatic N) is 3. The van der Waals surface area contributed by atoms with Crippen molar-refractivity contribution in [3.63, 3.8) is 0 Å². The van der Waals surface area contributed by atoms with Gasteiger partial charge in [-0.25, -0.2) is 4.39 Å². The molecule has 2 aromatic heterocycles. The standard InChI is InChI=1S/C8H7FN4S/c9-5-1-2-6(11-4-5)8-7(3-10)14-13-12-8/h1-2,4H,3,10H2. The molecule has 0 amide bonds. The molecule has 2 aromatic rings. The normalized spacial score (nSPS) is 10.4. The van der Waals surface area contributed by atoms with E-state index in [1.807, 2.05) is 0 Å². The number of nitrogens with two attached hydrogens (primary N) is 1. The molecule has 2 heterocycles. The number of halogens is 1. The predicted molar refractivity (Wildman–Crippen MR) is 51.0 cm³/mol. The van der Waals surface area contributed by atoms with Crippen LogP contribution in [0.4, 0.5) is 4.39 Å². The zero-order valence-corrected chi connectivity index (χ0v) is 7.96. The fourth-order valence-corrected chi connectivity index (χ4v) is 1.58. The Hall–Kier alpha value is -1.40. The molecule has 0 unspecified atom stereocenters. The first-order valence-electron chi connectivity index (χ1n) is 3.94. The molecule has 0 spiro atoms. The minimum atomic E-state index is -0.369. The molecule has 0 aliphatic rings. The highest BCUT2D eigenvalue weighted by Crippen LogP contribution is 2.21. The Labute approximate surface area is 83.8 Å². The van der Waals surface area contributed by atoms with Crippen molar-refractivity contribution in [1.82, 2.24) is 14.6 Å². The summed E-state index contributed by atoms with van der Waals surface area (Å²) in [6.07, 6.45) is 1.15. The Morgan fingerprint density at radius 3 is 2.93 bits per heavy atom. The zero-order chi connectivity index (χ0) is 9.97. The summed E-state index contributed by atoms with van der Waals surface area (Å²) in [4.78, 5) is 4.75. The van der Waals surface area contributed by atoms with Crippen molar-refractivity contribution in [2.24, 2.45) is 5.73 Å². The number of hydrogen-bond donors (Lipinski definition) is 1. The van der Waals surface area contributed by atoms with Crippen molar-refractivity contribution in [1.29, 1.82) is 0 Å². The maximum absolute atomic E-state index is 12.6. The molecule has 0 saturated heterocycles. The molecule has 0 aliphatic heterocycles. The lowest BCUT2D eigenvalue weighted by molar-refractivity contribution is 0.621. The fourth-order valence-electron chi connectivity index (χ4n) is 1.05. The van der Waals surface area contributed by atoms with E-state index in [0.717, 1.165) is 11.1 Å². The van der Waals surface area contributed by atoms with Crippen LogP contribution >= 0.6 is 11.5 Å². The third kappa shape index (κ3) is 1.61. The second-order valence-electron chi connectivity index (χ2n) is 2.61. The van der Waals surface area contributed by atoms with Crippen molar-refractivity contribution >= 4 is 11.5 Å². The number of hydrogen-bond acceptors (Lipinski definition) is 5. The Morgan fingerprint density at radius 2 is 2.29 bits per heavy atom. The molecule has 0 radical (unpaired) electrons. The van der Waals surface area contributed by atoms with Gasteiger partial charge in [-0.1, -0.05) is 4.49 Å². The Kier molecular flexibility index (Phi) is 2.47. The number of aromatic nitrogens is 3. The first kappa shape index (κ1) is 9.17. The molecule has 0 atom stereocenters. The summed E-state index contributed by atoms with van der Waals surface area (Å²) in [5, 5.41) is 3.89. The van der Waals surface area contributed by atoms with Gasteiger partial charge in [-0.3, -0.25) is 4.98 Å². The SMILES string of the molecule is NCc1snnc1-c1ccc(F)cn1. The minimum Gasteiger partial charge on any atom is -0.326 e. The minimum absolute atomic E-state index is 0.367. The molecule has 0 bridgehead atoms. The summed E-state index contributed by atoms with van der Waals surface area (Å²) in [5.41, 5.74) is 6.73. The van der Waals surface area contributed by atoms with Gasteiger partial charge in [0.1, 0.15) is 11.5 Å². The molecule has 72 valence electrons. The molecule has 0 fully saturated rings. The van der Waals surface area contributed by atoms with Crippen LogP contribution < -0.4 is 5.73 Å². The van der Waals surface area contributed by atoms with E-state index in [9.17, 15) is 4.39 Å². The molecule has 2 N–H and O–H groups in total. The highest BCUT2D eigenvalue weighted by Gasteiger charge is 2.09. The van der Waals surface area contributed by atoms with E-state index < -0.39 is 0 Å². The summed E-state index contributed by atoms with van der Waals surface area (Å²) in [5.74, 6) is -0.369. The Morgan fingerprint density at radius 1 is 1.43 bits per heavy atom. The highest BCUT2D eigenvalue weighted by atomic mass is 32.1. The number of pyridine rings is 1. The Balaban J connectivity index is 2.44. The lowest BCUT2D eigenvalue weighted by atomic mass is 10.2. The van der Waals surface area contributed by atoms with Crippen LogP contribution in [-0.2, 0) is 6.54 Å². The zero-order valence-electron chi connectivity index (χ0n) is 7.14. The van der Waals surface area contributed by atoms with E-state index in [4.69, 9.17) is 5.73 Å². The van der Waals surface area contributed by atoms with Crippen molar-refractivity contribution < 1.29 is 4.39 Å². The van der Waals surface area contributed by atoms with Crippen LogP contribution in [0.25, 0.3) is 11.4 Å². The molecule has 4 nitrogen and oxygen atoms in total. The van der Waals surface area contributed by atoms with Crippen LogP contribution in [0.1, 0.15) is 4.88 Å². The molecule has 2 rings (SSSR count). The molecule has 0 aromatic carbocycles. The van der Waals surface area contributed by atoms with Crippen molar-refractivity contribution in [3.8, 4) is 11.4 Å².